The molecule has 0 unspecified atom stereocenters. The first-order chi connectivity index (χ1) is 12.9. The van der Waals surface area contributed by atoms with Crippen molar-refractivity contribution in [3.05, 3.63) is 59.4 Å². The molecule has 1 aliphatic rings. The van der Waals surface area contributed by atoms with Crippen LogP contribution in [0.5, 0.6) is 0 Å². The number of hydrogen-bond acceptors (Lipinski definition) is 3. The zero-order chi connectivity index (χ0) is 19.4. The van der Waals surface area contributed by atoms with Crippen molar-refractivity contribution in [1.82, 2.24) is 10.2 Å². The molecule has 27 heavy (non-hydrogen) atoms. The molecule has 0 radical (unpaired) electrons. The topological polar surface area (TPSA) is 41.6 Å². The van der Waals surface area contributed by atoms with Gasteiger partial charge in [0.1, 0.15) is 5.82 Å². The van der Waals surface area contributed by atoms with Gasteiger partial charge >= 0.3 is 0 Å². The SMILES string of the molecule is Cc1c(F)cccc1-c1ccc(C(=O)NCC(C)(C)N2CCOCC2)cc1. The Bertz CT molecular complexity index is 796. The number of carbonyl (C=O) groups excluding carboxylic acids is 1. The minimum atomic E-state index is -0.223. The molecule has 0 saturated carbocycles. The van der Waals surface area contributed by atoms with Gasteiger partial charge in [-0.3, -0.25) is 9.69 Å². The Balaban J connectivity index is 1.64. The number of nitrogens with one attached hydrogen (secondary N) is 1. The molecule has 144 valence electrons. The van der Waals surface area contributed by atoms with E-state index in [0.717, 1.165) is 37.4 Å². The first-order valence-electron chi connectivity index (χ1n) is 9.35. The van der Waals surface area contributed by atoms with Crippen LogP contribution in [0.25, 0.3) is 11.1 Å². The molecular weight excluding hydrogens is 343 g/mol. The summed E-state index contributed by atoms with van der Waals surface area (Å²) in [6.07, 6.45) is 0. The van der Waals surface area contributed by atoms with Gasteiger partial charge in [-0.25, -0.2) is 4.39 Å². The maximum Gasteiger partial charge on any atom is 0.251 e. The van der Waals surface area contributed by atoms with Gasteiger partial charge in [-0.15, -0.1) is 0 Å². The Morgan fingerprint density at radius 2 is 1.81 bits per heavy atom. The lowest BCUT2D eigenvalue weighted by Crippen LogP contribution is -2.55. The summed E-state index contributed by atoms with van der Waals surface area (Å²) in [5.41, 5.74) is 2.83. The lowest BCUT2D eigenvalue weighted by atomic mass is 9.98. The highest BCUT2D eigenvalue weighted by Crippen LogP contribution is 2.25. The molecule has 1 heterocycles. The summed E-state index contributed by atoms with van der Waals surface area (Å²) in [5.74, 6) is -0.321. The van der Waals surface area contributed by atoms with Gasteiger partial charge in [-0.05, 0) is 55.7 Å². The molecule has 0 aromatic heterocycles. The van der Waals surface area contributed by atoms with E-state index in [1.807, 2.05) is 18.2 Å². The van der Waals surface area contributed by atoms with Crippen molar-refractivity contribution in [2.75, 3.05) is 32.8 Å². The fraction of sp³-hybridized carbons (Fsp3) is 0.409. The fourth-order valence-corrected chi connectivity index (χ4v) is 3.40. The van der Waals surface area contributed by atoms with Crippen LogP contribution < -0.4 is 5.32 Å². The molecule has 0 atom stereocenters. The van der Waals surface area contributed by atoms with Gasteiger partial charge in [0.2, 0.25) is 0 Å². The number of morpholine rings is 1. The van der Waals surface area contributed by atoms with Crippen LogP contribution in [0.15, 0.2) is 42.5 Å². The lowest BCUT2D eigenvalue weighted by molar-refractivity contribution is -0.00923. The summed E-state index contributed by atoms with van der Waals surface area (Å²) >= 11 is 0. The molecule has 1 N–H and O–H groups in total. The Morgan fingerprint density at radius 1 is 1.15 bits per heavy atom. The van der Waals surface area contributed by atoms with Crippen molar-refractivity contribution < 1.29 is 13.9 Å². The molecule has 1 aliphatic heterocycles. The summed E-state index contributed by atoms with van der Waals surface area (Å²) in [7, 11) is 0. The van der Waals surface area contributed by atoms with Crippen molar-refractivity contribution >= 4 is 5.91 Å². The summed E-state index contributed by atoms with van der Waals surface area (Å²) in [4.78, 5) is 14.9. The minimum Gasteiger partial charge on any atom is -0.379 e. The molecule has 4 nitrogen and oxygen atoms in total. The first-order valence-corrected chi connectivity index (χ1v) is 9.35. The monoisotopic (exact) mass is 370 g/mol. The van der Waals surface area contributed by atoms with E-state index in [4.69, 9.17) is 4.74 Å². The van der Waals surface area contributed by atoms with Crippen LogP contribution >= 0.6 is 0 Å². The number of hydrogen-bond donors (Lipinski definition) is 1. The second-order valence-electron chi connectivity index (χ2n) is 7.58. The molecule has 1 amide bonds. The number of ether oxygens (including phenoxy) is 1. The minimum absolute atomic E-state index is 0.0983. The van der Waals surface area contributed by atoms with E-state index < -0.39 is 0 Å². The third kappa shape index (κ3) is 4.54. The molecule has 0 aliphatic carbocycles. The predicted octanol–water partition coefficient (Wildman–Crippen LogP) is 3.64. The Hall–Kier alpha value is -2.24. The summed E-state index contributed by atoms with van der Waals surface area (Å²) in [6.45, 7) is 9.82. The molecule has 1 fully saturated rings. The average Bonchev–Trinajstić information content (AvgIpc) is 2.69. The largest absolute Gasteiger partial charge is 0.379 e. The Labute approximate surface area is 160 Å². The normalized spacial score (nSPS) is 15.6. The number of benzene rings is 2. The lowest BCUT2D eigenvalue weighted by Gasteiger charge is -2.40. The van der Waals surface area contributed by atoms with Crippen molar-refractivity contribution in [1.29, 1.82) is 0 Å². The van der Waals surface area contributed by atoms with Crippen LogP contribution in [0.1, 0.15) is 29.8 Å². The molecule has 2 aromatic carbocycles. The highest BCUT2D eigenvalue weighted by molar-refractivity contribution is 5.94. The third-order valence-electron chi connectivity index (χ3n) is 5.27. The molecule has 2 aromatic rings. The van der Waals surface area contributed by atoms with E-state index in [1.165, 1.54) is 6.07 Å². The predicted molar refractivity (Wildman–Crippen MR) is 105 cm³/mol. The van der Waals surface area contributed by atoms with E-state index in [-0.39, 0.29) is 17.3 Å². The van der Waals surface area contributed by atoms with Gasteiger partial charge in [0, 0.05) is 30.7 Å². The van der Waals surface area contributed by atoms with Crippen LogP contribution in [0.2, 0.25) is 0 Å². The van der Waals surface area contributed by atoms with E-state index in [1.54, 1.807) is 25.1 Å². The number of rotatable bonds is 5. The van der Waals surface area contributed by atoms with Crippen molar-refractivity contribution in [2.45, 2.75) is 26.3 Å². The van der Waals surface area contributed by atoms with Gasteiger partial charge in [0.05, 0.1) is 13.2 Å². The second kappa shape index (κ2) is 8.19. The number of nitrogens with zero attached hydrogens (tertiary/aromatic N) is 1. The number of carbonyl (C=O) groups is 1. The third-order valence-corrected chi connectivity index (χ3v) is 5.27. The maximum absolute atomic E-state index is 13.8. The molecule has 0 spiro atoms. The quantitative estimate of drug-likeness (QED) is 0.874. The molecule has 5 heteroatoms. The van der Waals surface area contributed by atoms with E-state index in [2.05, 4.69) is 24.1 Å². The van der Waals surface area contributed by atoms with E-state index in [9.17, 15) is 9.18 Å². The summed E-state index contributed by atoms with van der Waals surface area (Å²) in [6, 6.07) is 12.3. The highest BCUT2D eigenvalue weighted by atomic mass is 19.1. The van der Waals surface area contributed by atoms with Crippen molar-refractivity contribution in [3.63, 3.8) is 0 Å². The Morgan fingerprint density at radius 3 is 2.48 bits per heavy atom. The molecule has 1 saturated heterocycles. The molecular formula is C22H27FN2O2. The van der Waals surface area contributed by atoms with Gasteiger partial charge < -0.3 is 10.1 Å². The van der Waals surface area contributed by atoms with E-state index in [0.29, 0.717) is 17.7 Å². The number of halogens is 1. The van der Waals surface area contributed by atoms with Gasteiger partial charge in [-0.1, -0.05) is 24.3 Å². The molecule has 3 rings (SSSR count). The van der Waals surface area contributed by atoms with Crippen LogP contribution in [0.4, 0.5) is 4.39 Å². The number of amides is 1. The first kappa shape index (κ1) is 19.5. The highest BCUT2D eigenvalue weighted by Gasteiger charge is 2.28. The van der Waals surface area contributed by atoms with Crippen molar-refractivity contribution in [3.8, 4) is 11.1 Å². The molecule has 0 bridgehead atoms. The van der Waals surface area contributed by atoms with Gasteiger partial charge in [0.15, 0.2) is 0 Å². The van der Waals surface area contributed by atoms with Crippen LogP contribution in [0.3, 0.4) is 0 Å². The van der Waals surface area contributed by atoms with Gasteiger partial charge in [0.25, 0.3) is 5.91 Å². The van der Waals surface area contributed by atoms with Crippen molar-refractivity contribution in [2.24, 2.45) is 0 Å². The summed E-state index contributed by atoms with van der Waals surface area (Å²) in [5, 5.41) is 3.03. The van der Waals surface area contributed by atoms with E-state index >= 15 is 0 Å². The van der Waals surface area contributed by atoms with Crippen LogP contribution in [-0.4, -0.2) is 49.2 Å². The average molecular weight is 370 g/mol. The van der Waals surface area contributed by atoms with Crippen LogP contribution in [-0.2, 0) is 4.74 Å². The standard InChI is InChI=1S/C22H27FN2O2/c1-16-19(5-4-6-20(16)23)17-7-9-18(10-8-17)21(26)24-15-22(2,3)25-11-13-27-14-12-25/h4-10H,11-15H2,1-3H3,(H,24,26). The van der Waals surface area contributed by atoms with Crippen LogP contribution in [0, 0.1) is 12.7 Å². The smallest absolute Gasteiger partial charge is 0.251 e. The zero-order valence-corrected chi connectivity index (χ0v) is 16.2. The second-order valence-corrected chi connectivity index (χ2v) is 7.58. The Kier molecular flexibility index (Phi) is 5.92. The maximum atomic E-state index is 13.8. The summed E-state index contributed by atoms with van der Waals surface area (Å²) < 4.78 is 19.2. The fourth-order valence-electron chi connectivity index (χ4n) is 3.40. The zero-order valence-electron chi connectivity index (χ0n) is 16.2. The van der Waals surface area contributed by atoms with Gasteiger partial charge in [-0.2, -0.15) is 0 Å².